The van der Waals surface area contributed by atoms with E-state index in [2.05, 4.69) is 299 Å². The van der Waals surface area contributed by atoms with Crippen molar-refractivity contribution in [2.24, 2.45) is 0 Å². The summed E-state index contributed by atoms with van der Waals surface area (Å²) in [5.74, 6) is 0.455. The average molecular weight is 1150 g/mol. The van der Waals surface area contributed by atoms with E-state index >= 15 is 0 Å². The Morgan fingerprint density at radius 1 is 0.213 bits per heavy atom. The topological polar surface area (TPSA) is 20.2 Å². The van der Waals surface area contributed by atoms with Crippen LogP contribution in [0.15, 0.2) is 255 Å². The van der Waals surface area contributed by atoms with Gasteiger partial charge in [0.05, 0.1) is 0 Å². The molecule has 0 bridgehead atoms. The van der Waals surface area contributed by atoms with Crippen LogP contribution in [-0.4, -0.2) is 5.11 Å². The first kappa shape index (κ1) is 55.0. The Bertz CT molecular complexity index is 4530. The van der Waals surface area contributed by atoms with E-state index < -0.39 is 5.60 Å². The second-order valence-corrected chi connectivity index (χ2v) is 28.2. The average Bonchev–Trinajstić information content (AvgIpc) is 1.90. The van der Waals surface area contributed by atoms with E-state index in [1.54, 1.807) is 0 Å². The van der Waals surface area contributed by atoms with Crippen LogP contribution in [0.1, 0.15) is 142 Å². The van der Waals surface area contributed by atoms with Gasteiger partial charge in [0.25, 0.3) is 0 Å². The Balaban J connectivity index is 0.000000107. The molecular formula is C88H74O. The number of aliphatic hydroxyl groups is 1. The fourth-order valence-electron chi connectivity index (χ4n) is 16.8. The first-order chi connectivity index (χ1) is 42.8. The van der Waals surface area contributed by atoms with Crippen LogP contribution in [0.25, 0.3) is 100 Å². The molecule has 12 aromatic rings. The molecule has 0 fully saturated rings. The summed E-state index contributed by atoms with van der Waals surface area (Å²) in [4.78, 5) is 0. The molecule has 18 rings (SSSR count). The molecule has 1 heteroatoms. The maximum atomic E-state index is 11.3. The Labute approximate surface area is 526 Å². The Kier molecular flexibility index (Phi) is 12.1. The lowest BCUT2D eigenvalue weighted by Gasteiger charge is -2.23. The highest BCUT2D eigenvalue weighted by molar-refractivity contribution is 5.90. The van der Waals surface area contributed by atoms with Gasteiger partial charge in [-0.05, 0) is 210 Å². The summed E-state index contributed by atoms with van der Waals surface area (Å²) < 4.78 is 0. The third-order valence-electron chi connectivity index (χ3n) is 21.9. The Morgan fingerprint density at radius 2 is 0.438 bits per heavy atom. The molecule has 1 N–H and O–H groups in total. The summed E-state index contributed by atoms with van der Waals surface area (Å²) in [6.07, 6.45) is 0. The highest BCUT2D eigenvalue weighted by atomic mass is 16.3. The van der Waals surface area contributed by atoms with Gasteiger partial charge in [-0.1, -0.05) is 281 Å². The maximum Gasteiger partial charge on any atom is 0.113 e. The summed E-state index contributed by atoms with van der Waals surface area (Å²) in [6, 6.07) is 93.8. The molecule has 0 saturated heterocycles. The highest BCUT2D eigenvalue weighted by Crippen LogP contribution is 2.56. The minimum absolute atomic E-state index is 0.0135. The van der Waals surface area contributed by atoms with Crippen LogP contribution in [0.3, 0.4) is 0 Å². The molecule has 432 valence electrons. The van der Waals surface area contributed by atoms with Gasteiger partial charge in [-0.15, -0.1) is 0 Å². The van der Waals surface area contributed by atoms with Crippen molar-refractivity contribution in [1.82, 2.24) is 0 Å². The summed E-state index contributed by atoms with van der Waals surface area (Å²) in [5.41, 5.74) is 39.0. The van der Waals surface area contributed by atoms with Gasteiger partial charge in [-0.2, -0.15) is 0 Å². The van der Waals surface area contributed by atoms with Crippen molar-refractivity contribution in [3.63, 3.8) is 0 Å². The molecule has 1 nitrogen and oxygen atoms in total. The number of benzene rings is 12. The second-order valence-electron chi connectivity index (χ2n) is 28.2. The van der Waals surface area contributed by atoms with Gasteiger partial charge in [-0.25, -0.2) is 0 Å². The Hall–Kier alpha value is -9.40. The predicted molar refractivity (Wildman–Crippen MR) is 373 cm³/mol. The Morgan fingerprint density at radius 3 is 0.787 bits per heavy atom. The molecule has 0 amide bonds. The van der Waals surface area contributed by atoms with Crippen molar-refractivity contribution in [2.75, 3.05) is 0 Å². The molecule has 0 aliphatic heterocycles. The van der Waals surface area contributed by atoms with E-state index in [0.717, 1.165) is 27.8 Å². The molecule has 0 radical (unpaired) electrons. The van der Waals surface area contributed by atoms with Crippen molar-refractivity contribution < 1.29 is 5.11 Å². The molecule has 1 unspecified atom stereocenters. The van der Waals surface area contributed by atoms with Crippen LogP contribution < -0.4 is 0 Å². The molecular weight excluding hydrogens is 1070 g/mol. The van der Waals surface area contributed by atoms with Crippen LogP contribution in [-0.2, 0) is 27.3 Å². The smallest absolute Gasteiger partial charge is 0.113 e. The van der Waals surface area contributed by atoms with Gasteiger partial charge < -0.3 is 5.11 Å². The van der Waals surface area contributed by atoms with Crippen LogP contribution in [0, 0.1) is 0 Å². The minimum atomic E-state index is -0.964. The SMILES string of the molecule is CC1(C)c2ccccc2-c2ccc(-c3ccc4c(c3)C(C)(C)c3ccccc3-4)cc21.CC1(C)c2ccccc2-c2ccc(-c3ccc4c(c3)[C@@](C)(O)c3ccccc3-4)cc21.CC1c2ccccc2-c2ccc(-c3ccc4c(c3)C(C)(C)c3ccccc3-4)cc21. The van der Waals surface area contributed by atoms with E-state index in [1.807, 2.05) is 25.1 Å². The fraction of sp³-hybridized carbons (Fsp3) is 0.182. The quantitative estimate of drug-likeness (QED) is 0.187. The van der Waals surface area contributed by atoms with Crippen LogP contribution >= 0.6 is 0 Å². The molecule has 12 aromatic carbocycles. The summed E-state index contributed by atoms with van der Waals surface area (Å²) in [5, 5.41) is 11.3. The second kappa shape index (κ2) is 19.5. The molecule has 89 heavy (non-hydrogen) atoms. The normalized spacial score (nSPS) is 17.9. The molecule has 0 spiro atoms. The van der Waals surface area contributed by atoms with Crippen LogP contribution in [0.4, 0.5) is 0 Å². The van der Waals surface area contributed by atoms with E-state index in [4.69, 9.17) is 0 Å². The fourth-order valence-corrected chi connectivity index (χ4v) is 16.8. The van der Waals surface area contributed by atoms with Gasteiger partial charge >= 0.3 is 0 Å². The lowest BCUT2D eigenvalue weighted by molar-refractivity contribution is 0.107. The number of hydrogen-bond donors (Lipinski definition) is 1. The van der Waals surface area contributed by atoms with Gasteiger partial charge in [0.2, 0.25) is 0 Å². The number of fused-ring (bicyclic) bond motifs is 18. The third kappa shape index (κ3) is 8.10. The van der Waals surface area contributed by atoms with Crippen molar-refractivity contribution in [2.45, 2.75) is 102 Å². The first-order valence-electron chi connectivity index (χ1n) is 32.0. The molecule has 6 aliphatic rings. The zero-order chi connectivity index (χ0) is 61.1. The largest absolute Gasteiger partial charge is 0.381 e. The van der Waals surface area contributed by atoms with Crippen LogP contribution in [0.5, 0.6) is 0 Å². The van der Waals surface area contributed by atoms with E-state index in [-0.39, 0.29) is 21.7 Å². The third-order valence-corrected chi connectivity index (χ3v) is 21.9. The van der Waals surface area contributed by atoms with E-state index in [0.29, 0.717) is 5.92 Å². The van der Waals surface area contributed by atoms with Gasteiger partial charge in [0.1, 0.15) is 5.60 Å². The standard InChI is InChI=1S/C30H26.C29H24O.C29H24/c1-29(2)25-11-7-5-9-21(25)23-15-13-19(17-27(23)29)20-14-16-24-22-10-6-8-12-26(22)30(3,4)28(24)18-20;1-28(2)24-10-6-4-8-20(24)22-14-12-18(16-26(22)28)19-13-15-23-21-9-5-7-11-25(21)29(3,30)27(23)17-19;1-18-21-8-4-5-9-22(21)23-14-12-19(16-26(18)23)20-13-15-25-24-10-6-7-11-27(24)29(2,3)28(25)17-20/h5-18H,1-4H3;4-17,30H,1-3H3;4-18H,1-3H3/t;29-;/m.0./s1. The lowest BCUT2D eigenvalue weighted by Crippen LogP contribution is -2.19. The lowest BCUT2D eigenvalue weighted by atomic mass is 9.80. The van der Waals surface area contributed by atoms with E-state index in [1.165, 1.54) is 139 Å². The molecule has 0 heterocycles. The first-order valence-corrected chi connectivity index (χ1v) is 32.0. The zero-order valence-corrected chi connectivity index (χ0v) is 52.8. The van der Waals surface area contributed by atoms with E-state index in [9.17, 15) is 5.11 Å². The van der Waals surface area contributed by atoms with Crippen molar-refractivity contribution in [3.8, 4) is 100 Å². The predicted octanol–water partition coefficient (Wildman–Crippen LogP) is 22.7. The van der Waals surface area contributed by atoms with Crippen LogP contribution in [0.2, 0.25) is 0 Å². The maximum absolute atomic E-state index is 11.3. The molecule has 0 aromatic heterocycles. The van der Waals surface area contributed by atoms with Crippen molar-refractivity contribution in [1.29, 1.82) is 0 Å². The summed E-state index contributed by atoms with van der Waals surface area (Å²) in [6.45, 7) is 23.0. The minimum Gasteiger partial charge on any atom is -0.381 e. The number of rotatable bonds is 3. The van der Waals surface area contributed by atoms with Crippen molar-refractivity contribution >= 4 is 0 Å². The molecule has 6 aliphatic carbocycles. The zero-order valence-electron chi connectivity index (χ0n) is 52.8. The van der Waals surface area contributed by atoms with Gasteiger partial charge in [0.15, 0.2) is 0 Å². The summed E-state index contributed by atoms with van der Waals surface area (Å²) >= 11 is 0. The summed E-state index contributed by atoms with van der Waals surface area (Å²) in [7, 11) is 0. The van der Waals surface area contributed by atoms with Crippen molar-refractivity contribution in [3.05, 3.63) is 322 Å². The molecule has 2 atom stereocenters. The van der Waals surface area contributed by atoms with Gasteiger partial charge in [-0.3, -0.25) is 0 Å². The molecule has 0 saturated carbocycles. The number of hydrogen-bond acceptors (Lipinski definition) is 1. The van der Waals surface area contributed by atoms with Gasteiger partial charge in [0, 0.05) is 27.6 Å². The highest BCUT2D eigenvalue weighted by Gasteiger charge is 2.41. The monoisotopic (exact) mass is 1150 g/mol.